The summed E-state index contributed by atoms with van der Waals surface area (Å²) in [5.74, 6) is 0.209. The molecular weight excluding hydrogens is 461 g/mol. The van der Waals surface area contributed by atoms with Crippen LogP contribution in [0.3, 0.4) is 0 Å². The van der Waals surface area contributed by atoms with Gasteiger partial charge in [0.25, 0.3) is 0 Å². The van der Waals surface area contributed by atoms with E-state index < -0.39 is 7.82 Å². The molecule has 1 unspecified atom stereocenters. The van der Waals surface area contributed by atoms with E-state index >= 15 is 0 Å². The average Bonchev–Trinajstić information content (AvgIpc) is 2.68. The van der Waals surface area contributed by atoms with E-state index in [1.807, 2.05) is 0 Å². The number of hydrogen-bond donors (Lipinski definition) is 0. The largest absolute Gasteiger partial charge is 1.00 e. The standard InChI is InChI=1S/C24H51O4P.2K/c1-3-5-7-9-11-13-14-16-18-20-22-24(23-28-29(25,26)27)21-19-17-15-12-10-8-6-4-2;;/h24H,3-23H2,1-2H3,(H2,25,26,27);;/q;2*+1/p-2. The molecule has 0 aromatic carbocycles. The maximum atomic E-state index is 10.8. The number of phosphoric acid groups is 1. The third kappa shape index (κ3) is 33.4. The third-order valence-corrected chi connectivity index (χ3v) is 6.37. The van der Waals surface area contributed by atoms with E-state index in [4.69, 9.17) is 0 Å². The van der Waals surface area contributed by atoms with Gasteiger partial charge < -0.3 is 18.9 Å². The summed E-state index contributed by atoms with van der Waals surface area (Å²) in [6, 6.07) is 0. The molecule has 0 radical (unpaired) electrons. The predicted molar refractivity (Wildman–Crippen MR) is 121 cm³/mol. The van der Waals surface area contributed by atoms with Crippen LogP contribution in [0.2, 0.25) is 0 Å². The van der Waals surface area contributed by atoms with Crippen LogP contribution in [0, 0.1) is 5.92 Å². The maximum Gasteiger partial charge on any atom is 1.00 e. The summed E-state index contributed by atoms with van der Waals surface area (Å²) < 4.78 is 15.4. The molecule has 0 saturated heterocycles. The van der Waals surface area contributed by atoms with Gasteiger partial charge in [0.15, 0.2) is 0 Å². The molecule has 0 rings (SSSR count). The Morgan fingerprint density at radius 3 is 1.16 bits per heavy atom. The summed E-state index contributed by atoms with van der Waals surface area (Å²) in [6.45, 7) is 4.57. The van der Waals surface area contributed by atoms with Crippen molar-refractivity contribution in [2.75, 3.05) is 6.61 Å². The van der Waals surface area contributed by atoms with Gasteiger partial charge in [-0.2, -0.15) is 0 Å². The summed E-state index contributed by atoms with van der Waals surface area (Å²) in [7, 11) is -4.85. The molecule has 0 saturated carbocycles. The van der Waals surface area contributed by atoms with Crippen LogP contribution in [0.15, 0.2) is 0 Å². The van der Waals surface area contributed by atoms with Crippen LogP contribution in [-0.2, 0) is 9.09 Å². The van der Waals surface area contributed by atoms with Crippen LogP contribution >= 0.6 is 7.82 Å². The Labute approximate surface area is 279 Å². The quantitative estimate of drug-likeness (QED) is 0.118. The second kappa shape index (κ2) is 29.6. The second-order valence-electron chi connectivity index (χ2n) is 8.84. The van der Waals surface area contributed by atoms with E-state index in [-0.39, 0.29) is 115 Å². The maximum absolute atomic E-state index is 10.8. The fourth-order valence-corrected chi connectivity index (χ4v) is 4.39. The first-order valence-corrected chi connectivity index (χ1v) is 14.1. The molecule has 0 aromatic rings. The van der Waals surface area contributed by atoms with Crippen molar-refractivity contribution in [2.24, 2.45) is 5.92 Å². The van der Waals surface area contributed by atoms with E-state index in [0.29, 0.717) is 0 Å². The molecule has 4 nitrogen and oxygen atoms in total. The van der Waals surface area contributed by atoms with Gasteiger partial charge in [-0.05, 0) is 18.8 Å². The van der Waals surface area contributed by atoms with E-state index in [0.717, 1.165) is 25.7 Å². The van der Waals surface area contributed by atoms with Crippen LogP contribution in [0.25, 0.3) is 0 Å². The number of phosphoric ester groups is 1. The molecule has 31 heavy (non-hydrogen) atoms. The molecule has 0 fully saturated rings. The monoisotopic (exact) mass is 510 g/mol. The van der Waals surface area contributed by atoms with Crippen LogP contribution in [0.4, 0.5) is 0 Å². The average molecular weight is 511 g/mol. The van der Waals surface area contributed by atoms with Gasteiger partial charge in [-0.15, -0.1) is 0 Å². The predicted octanol–water partition coefficient (Wildman–Crippen LogP) is 1.30. The summed E-state index contributed by atoms with van der Waals surface area (Å²) in [5, 5.41) is 0. The first kappa shape index (κ1) is 38.9. The summed E-state index contributed by atoms with van der Waals surface area (Å²) in [5.41, 5.74) is 0. The van der Waals surface area contributed by atoms with Gasteiger partial charge >= 0.3 is 103 Å². The van der Waals surface area contributed by atoms with Gasteiger partial charge in [-0.25, -0.2) is 0 Å². The van der Waals surface area contributed by atoms with Crippen LogP contribution < -0.4 is 113 Å². The Kier molecular flexibility index (Phi) is 37.2. The van der Waals surface area contributed by atoms with Crippen molar-refractivity contribution in [1.82, 2.24) is 0 Å². The van der Waals surface area contributed by atoms with E-state index in [9.17, 15) is 14.4 Å². The van der Waals surface area contributed by atoms with Gasteiger partial charge in [0.1, 0.15) is 0 Å². The topological polar surface area (TPSA) is 72.4 Å². The van der Waals surface area contributed by atoms with E-state index in [1.54, 1.807) is 0 Å². The number of hydrogen-bond acceptors (Lipinski definition) is 4. The second-order valence-corrected chi connectivity index (χ2v) is 10.00. The zero-order valence-corrected chi connectivity index (χ0v) is 28.6. The smallest absolute Gasteiger partial charge is 0.790 e. The Morgan fingerprint density at radius 1 is 0.581 bits per heavy atom. The van der Waals surface area contributed by atoms with Crippen LogP contribution in [-0.4, -0.2) is 6.61 Å². The van der Waals surface area contributed by atoms with Crippen molar-refractivity contribution in [3.63, 3.8) is 0 Å². The third-order valence-electron chi connectivity index (χ3n) is 5.90. The van der Waals surface area contributed by atoms with Crippen molar-refractivity contribution in [3.05, 3.63) is 0 Å². The van der Waals surface area contributed by atoms with E-state index in [2.05, 4.69) is 18.4 Å². The minimum absolute atomic E-state index is 0. The Bertz CT molecular complexity index is 381. The number of rotatable bonds is 23. The van der Waals surface area contributed by atoms with Gasteiger partial charge in [-0.1, -0.05) is 129 Å². The fourth-order valence-electron chi connectivity index (χ4n) is 4.00. The van der Waals surface area contributed by atoms with Gasteiger partial charge in [0, 0.05) is 0 Å². The fraction of sp³-hybridized carbons (Fsp3) is 1.00. The van der Waals surface area contributed by atoms with Crippen LogP contribution in [0.5, 0.6) is 0 Å². The van der Waals surface area contributed by atoms with Crippen molar-refractivity contribution >= 4 is 7.82 Å². The molecule has 7 heteroatoms. The van der Waals surface area contributed by atoms with Crippen molar-refractivity contribution in [1.29, 1.82) is 0 Å². The van der Waals surface area contributed by atoms with Crippen LogP contribution in [0.1, 0.15) is 142 Å². The Balaban J connectivity index is -0.00000392. The Morgan fingerprint density at radius 2 is 0.871 bits per heavy atom. The zero-order chi connectivity index (χ0) is 21.6. The molecule has 0 aliphatic rings. The zero-order valence-electron chi connectivity index (χ0n) is 21.5. The SMILES string of the molecule is CCCCCCCCCCCCC(CCCCCCCCCC)COP(=O)([O-])[O-].[K+].[K+]. The summed E-state index contributed by atoms with van der Waals surface area (Å²) >= 11 is 0. The normalized spacial score (nSPS) is 12.3. The minimum Gasteiger partial charge on any atom is -0.790 e. The van der Waals surface area contributed by atoms with Crippen molar-refractivity contribution in [3.8, 4) is 0 Å². The molecule has 0 N–H and O–H groups in total. The van der Waals surface area contributed by atoms with Gasteiger partial charge in [-0.3, -0.25) is 0 Å². The van der Waals surface area contributed by atoms with Gasteiger partial charge in [0.05, 0.1) is 14.4 Å². The first-order chi connectivity index (χ1) is 14.0. The van der Waals surface area contributed by atoms with E-state index in [1.165, 1.54) is 103 Å². The molecule has 0 aliphatic carbocycles. The number of unbranched alkanes of at least 4 members (excludes halogenated alkanes) is 16. The summed E-state index contributed by atoms with van der Waals surface area (Å²) in [4.78, 5) is 21.7. The summed E-state index contributed by atoms with van der Waals surface area (Å²) in [6.07, 6.45) is 25.1. The molecule has 176 valence electrons. The molecule has 0 aliphatic heterocycles. The first-order valence-electron chi connectivity index (χ1n) is 12.7. The molecule has 0 heterocycles. The Hall–Kier alpha value is 3.38. The molecule has 0 amide bonds. The molecule has 0 aromatic heterocycles. The molecule has 0 bridgehead atoms. The minimum atomic E-state index is -4.85. The van der Waals surface area contributed by atoms with Crippen molar-refractivity contribution in [2.45, 2.75) is 142 Å². The molecule has 0 spiro atoms. The molecule has 1 atom stereocenters. The van der Waals surface area contributed by atoms with Gasteiger partial charge in [0.2, 0.25) is 0 Å². The van der Waals surface area contributed by atoms with Crippen molar-refractivity contribution < 1.29 is 122 Å². The molecular formula is C24H49K2O4P.